The summed E-state index contributed by atoms with van der Waals surface area (Å²) in [6, 6.07) is 0. The van der Waals surface area contributed by atoms with Gasteiger partial charge in [0.1, 0.15) is 0 Å². The van der Waals surface area contributed by atoms with Crippen LogP contribution in [0.5, 0.6) is 0 Å². The van der Waals surface area contributed by atoms with Gasteiger partial charge in [-0.15, -0.1) is 0 Å². The topological polar surface area (TPSA) is 9.23 Å². The van der Waals surface area contributed by atoms with E-state index in [-0.39, 0.29) is 0 Å². The molecule has 1 nitrogen and oxygen atoms in total. The lowest BCUT2D eigenvalue weighted by atomic mass is 10.2. The summed E-state index contributed by atoms with van der Waals surface area (Å²) in [4.78, 5) is 0. The second-order valence-electron chi connectivity index (χ2n) is 6.57. The minimum atomic E-state index is -0.642. The van der Waals surface area contributed by atoms with E-state index in [1.165, 1.54) is 44.9 Å². The van der Waals surface area contributed by atoms with Crippen molar-refractivity contribution < 1.29 is 4.74 Å². The van der Waals surface area contributed by atoms with E-state index < -0.39 is 8.80 Å². The van der Waals surface area contributed by atoms with Crippen LogP contribution >= 0.6 is 0 Å². The van der Waals surface area contributed by atoms with Crippen LogP contribution in [0.4, 0.5) is 0 Å². The summed E-state index contributed by atoms with van der Waals surface area (Å²) in [5.74, 6) is 0. The fourth-order valence-electron chi connectivity index (χ4n) is 4.75. The van der Waals surface area contributed by atoms with Crippen LogP contribution in [0.2, 0.25) is 11.1 Å². The van der Waals surface area contributed by atoms with E-state index in [0.717, 1.165) is 23.4 Å². The van der Waals surface area contributed by atoms with E-state index in [0.29, 0.717) is 0 Å². The monoisotopic (exact) mass is 252 g/mol. The van der Waals surface area contributed by atoms with Gasteiger partial charge in [0.05, 0.1) is 8.80 Å². The van der Waals surface area contributed by atoms with Gasteiger partial charge in [0.15, 0.2) is 0 Å². The molecule has 3 fully saturated rings. The predicted molar refractivity (Wildman–Crippen MR) is 75.2 cm³/mol. The first-order chi connectivity index (χ1) is 8.45. The number of rotatable bonds is 3. The van der Waals surface area contributed by atoms with E-state index in [4.69, 9.17) is 4.74 Å². The lowest BCUT2D eigenvalue weighted by Crippen LogP contribution is -2.42. The van der Waals surface area contributed by atoms with Crippen molar-refractivity contribution in [1.82, 2.24) is 0 Å². The Balaban J connectivity index is 1.69. The Bertz CT molecular complexity index is 209. The SMILES string of the molecule is C1CCC([SiH](C2CCCC2)C2CCCC2)OC1. The molecular weight excluding hydrogens is 224 g/mol. The van der Waals surface area contributed by atoms with Crippen molar-refractivity contribution in [3.05, 3.63) is 0 Å². The van der Waals surface area contributed by atoms with Gasteiger partial charge < -0.3 is 4.74 Å². The molecule has 0 bridgehead atoms. The highest BCUT2D eigenvalue weighted by molar-refractivity contribution is 6.63. The Morgan fingerprint density at radius 3 is 1.65 bits per heavy atom. The van der Waals surface area contributed by atoms with E-state index in [9.17, 15) is 0 Å². The van der Waals surface area contributed by atoms with E-state index >= 15 is 0 Å². The molecule has 1 atom stereocenters. The van der Waals surface area contributed by atoms with Gasteiger partial charge in [-0.3, -0.25) is 0 Å². The summed E-state index contributed by atoms with van der Waals surface area (Å²) in [7, 11) is -0.642. The predicted octanol–water partition coefficient (Wildman–Crippen LogP) is 4.21. The first kappa shape index (κ1) is 12.2. The van der Waals surface area contributed by atoms with E-state index in [1.54, 1.807) is 25.7 Å². The zero-order chi connectivity index (χ0) is 11.5. The van der Waals surface area contributed by atoms with E-state index in [2.05, 4.69) is 0 Å². The Kier molecular flexibility index (Phi) is 4.23. The lowest BCUT2D eigenvalue weighted by molar-refractivity contribution is 0.0602. The highest BCUT2D eigenvalue weighted by Gasteiger charge is 2.40. The third-order valence-electron chi connectivity index (χ3n) is 5.53. The minimum absolute atomic E-state index is 0.642. The summed E-state index contributed by atoms with van der Waals surface area (Å²) < 4.78 is 6.23. The standard InChI is InChI=1S/C15H28OSi/c1-2-8-13(7-1)17(14-9-3-4-10-14)15-11-5-6-12-16-15/h13-15,17H,1-12H2. The van der Waals surface area contributed by atoms with Gasteiger partial charge in [-0.1, -0.05) is 51.4 Å². The molecule has 0 amide bonds. The molecule has 1 aliphatic heterocycles. The van der Waals surface area contributed by atoms with Crippen LogP contribution in [0.3, 0.4) is 0 Å². The van der Waals surface area contributed by atoms with Crippen LogP contribution in [0.1, 0.15) is 70.6 Å². The van der Waals surface area contributed by atoms with Crippen molar-refractivity contribution >= 4 is 8.80 Å². The van der Waals surface area contributed by atoms with Crippen LogP contribution in [-0.4, -0.2) is 21.1 Å². The Morgan fingerprint density at radius 2 is 1.18 bits per heavy atom. The largest absolute Gasteiger partial charge is 0.382 e. The molecule has 0 aromatic rings. The van der Waals surface area contributed by atoms with Crippen molar-refractivity contribution in [3.63, 3.8) is 0 Å². The molecule has 3 rings (SSSR count). The Hall–Kier alpha value is 0.177. The van der Waals surface area contributed by atoms with Crippen molar-refractivity contribution in [3.8, 4) is 0 Å². The van der Waals surface area contributed by atoms with Crippen molar-refractivity contribution in [2.75, 3.05) is 6.61 Å². The third-order valence-corrected chi connectivity index (χ3v) is 10.4. The maximum atomic E-state index is 6.23. The van der Waals surface area contributed by atoms with Gasteiger partial charge in [0.2, 0.25) is 0 Å². The maximum Gasteiger partial charge on any atom is 0.0778 e. The fraction of sp³-hybridized carbons (Fsp3) is 1.00. The Labute approximate surface area is 108 Å². The molecule has 0 aromatic heterocycles. The average molecular weight is 252 g/mol. The van der Waals surface area contributed by atoms with Gasteiger partial charge in [-0.2, -0.15) is 0 Å². The Morgan fingerprint density at radius 1 is 0.647 bits per heavy atom. The molecule has 1 saturated heterocycles. The first-order valence-electron chi connectivity index (χ1n) is 8.07. The number of hydrogen-bond acceptors (Lipinski definition) is 1. The molecule has 17 heavy (non-hydrogen) atoms. The normalized spacial score (nSPS) is 32.6. The van der Waals surface area contributed by atoms with Gasteiger partial charge >= 0.3 is 0 Å². The van der Waals surface area contributed by atoms with Gasteiger partial charge in [0.25, 0.3) is 0 Å². The maximum absolute atomic E-state index is 6.23. The van der Waals surface area contributed by atoms with Crippen LogP contribution in [0.15, 0.2) is 0 Å². The minimum Gasteiger partial charge on any atom is -0.382 e. The molecule has 3 aliphatic rings. The second-order valence-corrected chi connectivity index (χ2v) is 10.4. The summed E-state index contributed by atoms with van der Waals surface area (Å²) in [5, 5.41) is 0. The fourth-order valence-corrected chi connectivity index (χ4v) is 10.2. The molecule has 2 heteroatoms. The molecule has 98 valence electrons. The van der Waals surface area contributed by atoms with Crippen LogP contribution in [0, 0.1) is 0 Å². The molecule has 1 heterocycles. The highest BCUT2D eigenvalue weighted by atomic mass is 28.3. The summed E-state index contributed by atoms with van der Waals surface area (Å²) >= 11 is 0. The average Bonchev–Trinajstić information content (AvgIpc) is 3.04. The molecule has 0 radical (unpaired) electrons. The van der Waals surface area contributed by atoms with Crippen molar-refractivity contribution in [1.29, 1.82) is 0 Å². The van der Waals surface area contributed by atoms with Crippen LogP contribution < -0.4 is 0 Å². The zero-order valence-electron chi connectivity index (χ0n) is 11.2. The molecule has 0 aromatic carbocycles. The summed E-state index contributed by atoms with van der Waals surface area (Å²) in [5.41, 5.74) is 3.08. The molecule has 0 spiro atoms. The zero-order valence-corrected chi connectivity index (χ0v) is 12.4. The van der Waals surface area contributed by atoms with Crippen molar-refractivity contribution in [2.45, 2.75) is 87.4 Å². The summed E-state index contributed by atoms with van der Waals surface area (Å²) in [6.45, 7) is 1.08. The number of hydrogen-bond donors (Lipinski definition) is 0. The van der Waals surface area contributed by atoms with Crippen LogP contribution in [-0.2, 0) is 4.74 Å². The van der Waals surface area contributed by atoms with Gasteiger partial charge in [-0.05, 0) is 30.3 Å². The molecule has 0 N–H and O–H groups in total. The quantitative estimate of drug-likeness (QED) is 0.684. The second kappa shape index (κ2) is 5.88. The molecule has 2 aliphatic carbocycles. The summed E-state index contributed by atoms with van der Waals surface area (Å²) in [6.07, 6.45) is 16.5. The third kappa shape index (κ3) is 2.78. The molecular formula is C15H28OSi. The highest BCUT2D eigenvalue weighted by Crippen LogP contribution is 2.46. The van der Waals surface area contributed by atoms with E-state index in [1.807, 2.05) is 0 Å². The smallest absolute Gasteiger partial charge is 0.0778 e. The van der Waals surface area contributed by atoms with Crippen LogP contribution in [0.25, 0.3) is 0 Å². The lowest BCUT2D eigenvalue weighted by Gasteiger charge is -2.37. The molecule has 2 saturated carbocycles. The van der Waals surface area contributed by atoms with Gasteiger partial charge in [0, 0.05) is 12.3 Å². The molecule has 1 unspecified atom stereocenters. The van der Waals surface area contributed by atoms with Crippen molar-refractivity contribution in [2.24, 2.45) is 0 Å². The van der Waals surface area contributed by atoms with Gasteiger partial charge in [-0.25, -0.2) is 0 Å². The number of ether oxygens (including phenoxy) is 1. The first-order valence-corrected chi connectivity index (χ1v) is 10.1.